The first-order valence-corrected chi connectivity index (χ1v) is 3.79. The van der Waals surface area contributed by atoms with Gasteiger partial charge >= 0.3 is 54.2 Å². The van der Waals surface area contributed by atoms with Gasteiger partial charge in [-0.2, -0.15) is 0 Å². The van der Waals surface area contributed by atoms with Gasteiger partial charge in [-0.15, -0.1) is 0 Å². The summed E-state index contributed by atoms with van der Waals surface area (Å²) in [7, 11) is 0. The van der Waals surface area contributed by atoms with E-state index < -0.39 is 0 Å². The minimum absolute atomic E-state index is 1.29. The molecule has 1 rings (SSSR count). The second-order valence-electron chi connectivity index (χ2n) is 1.13. The first-order valence-electron chi connectivity index (χ1n) is 1.92. The summed E-state index contributed by atoms with van der Waals surface area (Å²) in [6.07, 6.45) is 0. The van der Waals surface area contributed by atoms with E-state index in [1.165, 1.54) is 4.88 Å². The normalized spacial score (nSPS) is 8.57. The summed E-state index contributed by atoms with van der Waals surface area (Å²) in [6.45, 7) is 0. The molecule has 1 heterocycles. The maximum atomic E-state index is 2.83. The molecule has 1 aromatic rings. The van der Waals surface area contributed by atoms with Gasteiger partial charge in [0.15, 0.2) is 0 Å². The van der Waals surface area contributed by atoms with Crippen LogP contribution in [-0.4, -0.2) is 20.5 Å². The predicted molar refractivity (Wildman–Crippen MR) is 35.2 cm³/mol. The Hall–Kier alpha value is 0.0895. The van der Waals surface area contributed by atoms with Crippen LogP contribution in [-0.2, 0) is 0 Å². The maximum absolute atomic E-state index is 2.83. The van der Waals surface area contributed by atoms with Gasteiger partial charge in [-0.05, 0) is 0 Å². The summed E-state index contributed by atoms with van der Waals surface area (Å²) >= 11 is 4.57. The van der Waals surface area contributed by atoms with Crippen molar-refractivity contribution < 1.29 is 0 Å². The van der Waals surface area contributed by atoms with Crippen molar-refractivity contribution in [3.05, 3.63) is 22.4 Å². The number of thiophene rings is 1. The molecule has 0 spiro atoms. The molecule has 0 aliphatic rings. The first kappa shape index (κ1) is 5.23. The molecule has 0 aliphatic carbocycles. The van der Waals surface area contributed by atoms with E-state index in [4.69, 9.17) is 0 Å². The average molecular weight is 175 g/mol. The molecule has 36 valence electrons. The summed E-state index contributed by atoms with van der Waals surface area (Å²) in [6, 6.07) is 4.11. The average Bonchev–Trinajstić information content (AvgIpc) is 2.14. The van der Waals surface area contributed by atoms with Crippen molar-refractivity contribution in [2.75, 3.05) is 0 Å². The molecule has 1 aromatic heterocycles. The van der Waals surface area contributed by atoms with E-state index in [2.05, 4.69) is 27.0 Å². The van der Waals surface area contributed by atoms with Crippen LogP contribution in [0.15, 0.2) is 17.5 Å². The molecular formula is C5H4SSe. The Bertz CT molecular complexity index is 143. The fourth-order valence-corrected chi connectivity index (χ4v) is 1.40. The fraction of sp³-hybridized carbons (Fsp3) is 0. The molecule has 0 nitrogen and oxygen atoms in total. The predicted octanol–water partition coefficient (Wildman–Crippen LogP) is 1.07. The van der Waals surface area contributed by atoms with Crippen molar-refractivity contribution in [3.63, 3.8) is 0 Å². The Morgan fingerprint density at radius 3 is 2.86 bits per heavy atom. The topological polar surface area (TPSA) is 0 Å². The molecule has 0 aliphatic heterocycles. The molecular weight excluding hydrogens is 171 g/mol. The Labute approximate surface area is 54.5 Å². The van der Waals surface area contributed by atoms with Crippen LogP contribution in [0.4, 0.5) is 0 Å². The Balaban J connectivity index is 2.96. The van der Waals surface area contributed by atoms with Gasteiger partial charge in [0.2, 0.25) is 0 Å². The Morgan fingerprint density at radius 2 is 2.57 bits per heavy atom. The summed E-state index contributed by atoms with van der Waals surface area (Å²) < 4.78 is 0. The van der Waals surface area contributed by atoms with E-state index in [0.717, 1.165) is 0 Å². The standard InChI is InChI=1S/C5H4SSe/c7-4-5-2-1-3-6-5/h1-4H. The third kappa shape index (κ3) is 1.23. The molecule has 0 fully saturated rings. The minimum atomic E-state index is 1.29. The molecule has 0 N–H and O–H groups in total. The monoisotopic (exact) mass is 176 g/mol. The first-order chi connectivity index (χ1) is 3.43. The zero-order valence-electron chi connectivity index (χ0n) is 3.63. The molecule has 0 atom stereocenters. The summed E-state index contributed by atoms with van der Waals surface area (Å²) in [5.41, 5.74) is 0. The summed E-state index contributed by atoms with van der Waals surface area (Å²) in [4.78, 5) is 3.27. The van der Waals surface area contributed by atoms with Crippen LogP contribution < -0.4 is 0 Å². The van der Waals surface area contributed by atoms with Crippen molar-refractivity contribution in [3.8, 4) is 0 Å². The van der Waals surface area contributed by atoms with Gasteiger partial charge in [-0.1, -0.05) is 0 Å². The van der Waals surface area contributed by atoms with Gasteiger partial charge in [0.25, 0.3) is 0 Å². The van der Waals surface area contributed by atoms with Crippen molar-refractivity contribution in [2.45, 2.75) is 0 Å². The molecule has 7 heavy (non-hydrogen) atoms. The number of rotatable bonds is 1. The van der Waals surface area contributed by atoms with Crippen LogP contribution in [0.3, 0.4) is 0 Å². The quantitative estimate of drug-likeness (QED) is 0.560. The van der Waals surface area contributed by atoms with Crippen LogP contribution in [0.25, 0.3) is 0 Å². The zero-order valence-corrected chi connectivity index (χ0v) is 6.16. The number of hydrogen-bond donors (Lipinski definition) is 0. The second-order valence-corrected chi connectivity index (χ2v) is 2.61. The van der Waals surface area contributed by atoms with Crippen LogP contribution in [0.5, 0.6) is 0 Å². The van der Waals surface area contributed by atoms with Crippen molar-refractivity contribution >= 4 is 31.8 Å². The van der Waals surface area contributed by atoms with E-state index in [-0.39, 0.29) is 0 Å². The molecule has 0 aromatic carbocycles. The SMILES string of the molecule is [Se]=Cc1cccs1. The van der Waals surface area contributed by atoms with Gasteiger partial charge < -0.3 is 0 Å². The zero-order chi connectivity index (χ0) is 5.11. The molecule has 0 unspecified atom stereocenters. The third-order valence-corrected chi connectivity index (χ3v) is 2.35. The van der Waals surface area contributed by atoms with E-state index in [1.807, 2.05) is 11.0 Å². The summed E-state index contributed by atoms with van der Waals surface area (Å²) in [5.74, 6) is 0. The fourth-order valence-electron chi connectivity index (χ4n) is 0.358. The van der Waals surface area contributed by atoms with Gasteiger partial charge in [0.1, 0.15) is 0 Å². The molecule has 0 amide bonds. The number of hydrogen-bond acceptors (Lipinski definition) is 1. The van der Waals surface area contributed by atoms with Crippen molar-refractivity contribution in [1.29, 1.82) is 0 Å². The van der Waals surface area contributed by atoms with E-state index in [0.29, 0.717) is 0 Å². The van der Waals surface area contributed by atoms with Crippen molar-refractivity contribution in [1.82, 2.24) is 0 Å². The molecule has 0 radical (unpaired) electrons. The van der Waals surface area contributed by atoms with E-state index in [9.17, 15) is 0 Å². The molecule has 0 saturated heterocycles. The van der Waals surface area contributed by atoms with Crippen molar-refractivity contribution in [2.24, 2.45) is 0 Å². The van der Waals surface area contributed by atoms with Gasteiger partial charge in [-0.25, -0.2) is 0 Å². The van der Waals surface area contributed by atoms with E-state index in [1.54, 1.807) is 11.3 Å². The van der Waals surface area contributed by atoms with Gasteiger partial charge in [0.05, 0.1) is 0 Å². The molecule has 2 heteroatoms. The summed E-state index contributed by atoms with van der Waals surface area (Å²) in [5, 5.41) is 2.06. The van der Waals surface area contributed by atoms with E-state index >= 15 is 0 Å². The molecule has 0 saturated carbocycles. The molecule has 0 bridgehead atoms. The van der Waals surface area contributed by atoms with Gasteiger partial charge in [0, 0.05) is 0 Å². The Morgan fingerprint density at radius 1 is 1.71 bits per heavy atom. The van der Waals surface area contributed by atoms with Crippen LogP contribution in [0, 0.1) is 0 Å². The third-order valence-electron chi connectivity index (χ3n) is 0.659. The Kier molecular flexibility index (Phi) is 1.80. The van der Waals surface area contributed by atoms with Gasteiger partial charge in [-0.3, -0.25) is 0 Å². The second kappa shape index (κ2) is 2.41. The van der Waals surface area contributed by atoms with Crippen LogP contribution >= 0.6 is 11.3 Å². The van der Waals surface area contributed by atoms with Crippen LogP contribution in [0.1, 0.15) is 4.88 Å². The van der Waals surface area contributed by atoms with Crippen LogP contribution in [0.2, 0.25) is 0 Å².